The summed E-state index contributed by atoms with van der Waals surface area (Å²) < 4.78 is 19.1. The summed E-state index contributed by atoms with van der Waals surface area (Å²) in [6.07, 6.45) is 2.01. The van der Waals surface area contributed by atoms with Crippen molar-refractivity contribution in [1.82, 2.24) is 0 Å². The maximum atomic E-state index is 10.5. The third-order valence-electron chi connectivity index (χ3n) is 6.16. The molecule has 128 valence electrons. The zero-order chi connectivity index (χ0) is 16.8. The molecular formula is C20H18O5. The van der Waals surface area contributed by atoms with E-state index < -0.39 is 18.0 Å². The molecular weight excluding hydrogens is 320 g/mol. The molecule has 0 amide bonds. The van der Waals surface area contributed by atoms with Crippen LogP contribution in [0.1, 0.15) is 6.42 Å². The van der Waals surface area contributed by atoms with Crippen molar-refractivity contribution in [3.63, 3.8) is 0 Å². The van der Waals surface area contributed by atoms with Crippen molar-refractivity contribution >= 4 is 10.8 Å². The average molecular weight is 338 g/mol. The predicted molar refractivity (Wildman–Crippen MR) is 89.3 cm³/mol. The van der Waals surface area contributed by atoms with Gasteiger partial charge in [0.1, 0.15) is 17.6 Å². The summed E-state index contributed by atoms with van der Waals surface area (Å²) >= 11 is 0. The predicted octanol–water partition coefficient (Wildman–Crippen LogP) is 2.00. The molecule has 5 heteroatoms. The second kappa shape index (κ2) is 4.55. The molecule has 0 aromatic heterocycles. The molecule has 25 heavy (non-hydrogen) atoms. The summed E-state index contributed by atoms with van der Waals surface area (Å²) in [5.74, 6) is -0.0909. The van der Waals surface area contributed by atoms with E-state index in [9.17, 15) is 10.2 Å². The molecule has 1 saturated heterocycles. The second-order valence-corrected chi connectivity index (χ2v) is 7.41. The molecule has 2 aromatic carbocycles. The maximum absolute atomic E-state index is 10.5. The average Bonchev–Trinajstić information content (AvgIpc) is 2.81. The van der Waals surface area contributed by atoms with Crippen molar-refractivity contribution < 1.29 is 24.4 Å². The van der Waals surface area contributed by atoms with E-state index in [1.807, 2.05) is 42.5 Å². The van der Waals surface area contributed by atoms with Gasteiger partial charge in [0.05, 0.1) is 29.6 Å². The summed E-state index contributed by atoms with van der Waals surface area (Å²) in [5.41, 5.74) is 0. The standard InChI is InChI=1S/C20H18O5/c21-11-7-8-15-19-18(11)12(22)9-16(23-15)20(19)24-13-5-1-3-10-4-2-6-14(25-20)17(10)13/h1-8,11-12,15-16,18-19,21-22H,9H2/t11-,12-,15+,16-,18+,19+/m0/s1. The van der Waals surface area contributed by atoms with Gasteiger partial charge < -0.3 is 24.4 Å². The van der Waals surface area contributed by atoms with E-state index in [1.54, 1.807) is 6.08 Å². The smallest absolute Gasteiger partial charge is 0.283 e. The Balaban J connectivity index is 1.55. The van der Waals surface area contributed by atoms with E-state index >= 15 is 0 Å². The van der Waals surface area contributed by atoms with E-state index in [4.69, 9.17) is 14.2 Å². The fourth-order valence-electron chi connectivity index (χ4n) is 5.17. The Morgan fingerprint density at radius 3 is 2.40 bits per heavy atom. The van der Waals surface area contributed by atoms with Crippen LogP contribution in [0.15, 0.2) is 48.6 Å². The molecule has 0 unspecified atom stereocenters. The van der Waals surface area contributed by atoms with Gasteiger partial charge in [0.15, 0.2) is 0 Å². The van der Waals surface area contributed by atoms with Gasteiger partial charge in [-0.3, -0.25) is 0 Å². The molecule has 1 spiro atoms. The molecule has 2 aliphatic carbocycles. The van der Waals surface area contributed by atoms with Crippen LogP contribution in [0, 0.1) is 11.8 Å². The molecule has 1 saturated carbocycles. The first-order valence-corrected chi connectivity index (χ1v) is 8.77. The lowest BCUT2D eigenvalue weighted by molar-refractivity contribution is -0.227. The Labute approximate surface area is 144 Å². The number of hydrogen-bond donors (Lipinski definition) is 2. The SMILES string of the molecule is O[C@H]1C=C[C@H]2O[C@H]3C[C@H](O)[C@@H]1[C@@H]2C31Oc2cccc3cccc(c23)O1. The normalized spacial score (nSPS) is 39.3. The highest BCUT2D eigenvalue weighted by atomic mass is 16.7. The van der Waals surface area contributed by atoms with E-state index in [2.05, 4.69) is 0 Å². The van der Waals surface area contributed by atoms with Crippen LogP contribution in [0.2, 0.25) is 0 Å². The monoisotopic (exact) mass is 338 g/mol. The zero-order valence-corrected chi connectivity index (χ0v) is 13.4. The van der Waals surface area contributed by atoms with Gasteiger partial charge >= 0.3 is 0 Å². The van der Waals surface area contributed by atoms with Gasteiger partial charge in [-0.15, -0.1) is 0 Å². The number of ether oxygens (including phenoxy) is 3. The highest BCUT2D eigenvalue weighted by Crippen LogP contribution is 2.57. The maximum Gasteiger partial charge on any atom is 0.283 e. The molecule has 2 fully saturated rings. The van der Waals surface area contributed by atoms with Gasteiger partial charge in [0, 0.05) is 12.3 Å². The van der Waals surface area contributed by atoms with Crippen molar-refractivity contribution in [3.8, 4) is 11.5 Å². The molecule has 4 aliphatic rings. The van der Waals surface area contributed by atoms with Crippen LogP contribution in [-0.4, -0.2) is 40.4 Å². The first-order valence-electron chi connectivity index (χ1n) is 8.77. The number of rotatable bonds is 0. The lowest BCUT2D eigenvalue weighted by Crippen LogP contribution is -2.65. The highest BCUT2D eigenvalue weighted by Gasteiger charge is 2.70. The van der Waals surface area contributed by atoms with Crippen molar-refractivity contribution in [3.05, 3.63) is 48.6 Å². The molecule has 2 aromatic rings. The largest absolute Gasteiger partial charge is 0.449 e. The minimum atomic E-state index is -1.01. The van der Waals surface area contributed by atoms with Crippen molar-refractivity contribution in [1.29, 1.82) is 0 Å². The van der Waals surface area contributed by atoms with Crippen molar-refractivity contribution in [2.24, 2.45) is 11.8 Å². The lowest BCUT2D eigenvalue weighted by Gasteiger charge is -2.50. The molecule has 2 aliphatic heterocycles. The van der Waals surface area contributed by atoms with E-state index in [1.165, 1.54) is 0 Å². The van der Waals surface area contributed by atoms with E-state index in [0.29, 0.717) is 6.42 Å². The van der Waals surface area contributed by atoms with Crippen LogP contribution in [0.4, 0.5) is 0 Å². The van der Waals surface area contributed by atoms with Crippen molar-refractivity contribution in [2.75, 3.05) is 0 Å². The molecule has 6 atom stereocenters. The third-order valence-corrected chi connectivity index (χ3v) is 6.16. The second-order valence-electron chi connectivity index (χ2n) is 7.41. The first-order chi connectivity index (χ1) is 12.2. The van der Waals surface area contributed by atoms with Crippen molar-refractivity contribution in [2.45, 2.75) is 36.6 Å². The molecule has 0 radical (unpaired) electrons. The summed E-state index contributed by atoms with van der Waals surface area (Å²) in [5, 5.41) is 23.0. The van der Waals surface area contributed by atoms with Crippen LogP contribution < -0.4 is 9.47 Å². The minimum Gasteiger partial charge on any atom is -0.449 e. The van der Waals surface area contributed by atoms with Gasteiger partial charge in [-0.1, -0.05) is 36.4 Å². The number of benzene rings is 2. The van der Waals surface area contributed by atoms with Gasteiger partial charge in [0.2, 0.25) is 0 Å². The molecule has 2 N–H and O–H groups in total. The first kappa shape index (κ1) is 14.1. The zero-order valence-electron chi connectivity index (χ0n) is 13.4. The molecule has 2 heterocycles. The fraction of sp³-hybridized carbons (Fsp3) is 0.400. The van der Waals surface area contributed by atoms with E-state index in [0.717, 1.165) is 22.3 Å². The van der Waals surface area contributed by atoms with Gasteiger partial charge in [-0.2, -0.15) is 0 Å². The summed E-state index contributed by atoms with van der Waals surface area (Å²) in [6, 6.07) is 11.9. The topological polar surface area (TPSA) is 68.2 Å². The Morgan fingerprint density at radius 1 is 0.960 bits per heavy atom. The Hall–Kier alpha value is -2.08. The number of aliphatic hydroxyl groups excluding tert-OH is 2. The molecule has 6 rings (SSSR count). The lowest BCUT2D eigenvalue weighted by atomic mass is 9.66. The number of hydrogen-bond acceptors (Lipinski definition) is 5. The van der Waals surface area contributed by atoms with Crippen LogP contribution in [0.25, 0.3) is 10.8 Å². The number of aliphatic hydroxyl groups is 2. The fourth-order valence-corrected chi connectivity index (χ4v) is 5.17. The van der Waals surface area contributed by atoms with Crippen LogP contribution in [-0.2, 0) is 4.74 Å². The minimum absolute atomic E-state index is 0.222. The summed E-state index contributed by atoms with van der Waals surface area (Å²) in [7, 11) is 0. The summed E-state index contributed by atoms with van der Waals surface area (Å²) in [6.45, 7) is 0. The highest BCUT2D eigenvalue weighted by molar-refractivity contribution is 5.94. The van der Waals surface area contributed by atoms with Gasteiger partial charge in [0.25, 0.3) is 5.79 Å². The quantitative estimate of drug-likeness (QED) is 0.719. The van der Waals surface area contributed by atoms with Gasteiger partial charge in [-0.25, -0.2) is 0 Å². The van der Waals surface area contributed by atoms with Gasteiger partial charge in [-0.05, 0) is 17.5 Å². The summed E-state index contributed by atoms with van der Waals surface area (Å²) in [4.78, 5) is 0. The molecule has 5 nitrogen and oxygen atoms in total. The third kappa shape index (κ3) is 1.64. The van der Waals surface area contributed by atoms with E-state index in [-0.39, 0.29) is 24.0 Å². The Morgan fingerprint density at radius 2 is 1.68 bits per heavy atom. The van der Waals surface area contributed by atoms with Crippen LogP contribution in [0.3, 0.4) is 0 Å². The molecule has 2 bridgehead atoms. The van der Waals surface area contributed by atoms with Crippen LogP contribution in [0.5, 0.6) is 11.5 Å². The Kier molecular flexibility index (Phi) is 2.57. The Bertz CT molecular complexity index is 865. The van der Waals surface area contributed by atoms with Crippen LogP contribution >= 0.6 is 0 Å².